The summed E-state index contributed by atoms with van der Waals surface area (Å²) in [5, 5.41) is 4.80. The van der Waals surface area contributed by atoms with Crippen LogP contribution in [0.15, 0.2) is 30.3 Å². The van der Waals surface area contributed by atoms with Gasteiger partial charge in [-0.1, -0.05) is 36.8 Å². The average molecular weight is 261 g/mol. The molecule has 0 saturated heterocycles. The molecule has 2 fully saturated rings. The zero-order chi connectivity index (χ0) is 12.4. The minimum absolute atomic E-state index is 0.601. The van der Waals surface area contributed by atoms with Crippen molar-refractivity contribution < 1.29 is 0 Å². The monoisotopic (exact) mass is 261 g/mol. The van der Waals surface area contributed by atoms with Crippen molar-refractivity contribution in [3.8, 4) is 0 Å². The van der Waals surface area contributed by atoms with Gasteiger partial charge < -0.3 is 5.32 Å². The van der Waals surface area contributed by atoms with Crippen LogP contribution >= 0.6 is 11.8 Å². The molecular formula is C16H23NS. The molecule has 0 heterocycles. The van der Waals surface area contributed by atoms with E-state index in [4.69, 9.17) is 0 Å². The molecule has 0 radical (unpaired) electrons. The maximum atomic E-state index is 3.97. The largest absolute Gasteiger partial charge is 0.306 e. The summed E-state index contributed by atoms with van der Waals surface area (Å²) in [6.45, 7) is 0. The SMILES string of the molecule is CSC1CCCC1NC(c1ccccc1)C1CC1. The molecule has 2 heteroatoms. The van der Waals surface area contributed by atoms with Crippen LogP contribution in [-0.2, 0) is 0 Å². The van der Waals surface area contributed by atoms with Gasteiger partial charge in [-0.05, 0) is 43.4 Å². The fraction of sp³-hybridized carbons (Fsp3) is 0.625. The molecule has 2 aliphatic carbocycles. The molecule has 2 aliphatic rings. The third-order valence-corrected chi connectivity index (χ3v) is 5.57. The molecule has 0 aromatic heterocycles. The second kappa shape index (κ2) is 5.66. The zero-order valence-corrected chi connectivity index (χ0v) is 12.0. The predicted octanol–water partition coefficient (Wildman–Crippen LogP) is 4.01. The molecule has 1 nitrogen and oxygen atoms in total. The maximum absolute atomic E-state index is 3.97. The first-order valence-electron chi connectivity index (χ1n) is 7.22. The summed E-state index contributed by atoms with van der Waals surface area (Å²) in [5.41, 5.74) is 1.49. The molecule has 3 atom stereocenters. The lowest BCUT2D eigenvalue weighted by molar-refractivity contribution is 0.410. The lowest BCUT2D eigenvalue weighted by atomic mass is 10.0. The van der Waals surface area contributed by atoms with E-state index in [0.29, 0.717) is 6.04 Å². The number of hydrogen-bond donors (Lipinski definition) is 1. The highest BCUT2D eigenvalue weighted by Crippen LogP contribution is 2.42. The van der Waals surface area contributed by atoms with Crippen molar-refractivity contribution in [1.29, 1.82) is 0 Å². The fourth-order valence-corrected chi connectivity index (χ4v) is 4.17. The minimum Gasteiger partial charge on any atom is -0.306 e. The van der Waals surface area contributed by atoms with Crippen LogP contribution in [0.4, 0.5) is 0 Å². The maximum Gasteiger partial charge on any atom is 0.0351 e. The van der Waals surface area contributed by atoms with Crippen LogP contribution < -0.4 is 5.32 Å². The third-order valence-electron chi connectivity index (χ3n) is 4.40. The Bertz CT molecular complexity index is 374. The standard InChI is InChI=1S/C16H23NS/c1-18-15-9-5-8-14(15)17-16(13-10-11-13)12-6-3-2-4-7-12/h2-4,6-7,13-17H,5,8-11H2,1H3. The zero-order valence-electron chi connectivity index (χ0n) is 11.1. The van der Waals surface area contributed by atoms with E-state index in [1.807, 2.05) is 11.8 Å². The van der Waals surface area contributed by atoms with E-state index in [9.17, 15) is 0 Å². The number of benzene rings is 1. The second-order valence-corrected chi connectivity index (χ2v) is 6.78. The van der Waals surface area contributed by atoms with Crippen molar-refractivity contribution in [1.82, 2.24) is 5.32 Å². The van der Waals surface area contributed by atoms with Gasteiger partial charge in [-0.2, -0.15) is 11.8 Å². The first kappa shape index (κ1) is 12.6. The Balaban J connectivity index is 1.71. The van der Waals surface area contributed by atoms with E-state index in [-0.39, 0.29) is 0 Å². The molecule has 0 bridgehead atoms. The van der Waals surface area contributed by atoms with Gasteiger partial charge in [0, 0.05) is 17.3 Å². The molecule has 3 unspecified atom stereocenters. The van der Waals surface area contributed by atoms with Gasteiger partial charge >= 0.3 is 0 Å². The number of rotatable bonds is 5. The molecule has 0 spiro atoms. The Labute approximate surface area is 115 Å². The van der Waals surface area contributed by atoms with Gasteiger partial charge in [0.15, 0.2) is 0 Å². The van der Waals surface area contributed by atoms with Crippen LogP contribution in [0.1, 0.15) is 43.7 Å². The van der Waals surface area contributed by atoms with Gasteiger partial charge in [-0.25, -0.2) is 0 Å². The van der Waals surface area contributed by atoms with Crippen LogP contribution in [0.3, 0.4) is 0 Å². The predicted molar refractivity (Wildman–Crippen MR) is 80.0 cm³/mol. The minimum atomic E-state index is 0.601. The van der Waals surface area contributed by atoms with Gasteiger partial charge in [-0.15, -0.1) is 0 Å². The topological polar surface area (TPSA) is 12.0 Å². The van der Waals surface area contributed by atoms with Crippen LogP contribution in [0, 0.1) is 5.92 Å². The lowest BCUT2D eigenvalue weighted by Gasteiger charge is -2.27. The molecule has 2 saturated carbocycles. The van der Waals surface area contributed by atoms with E-state index >= 15 is 0 Å². The molecule has 1 aromatic carbocycles. The van der Waals surface area contributed by atoms with Gasteiger partial charge in [-0.3, -0.25) is 0 Å². The van der Waals surface area contributed by atoms with E-state index in [2.05, 4.69) is 41.9 Å². The summed E-state index contributed by atoms with van der Waals surface area (Å²) in [6, 6.07) is 12.4. The lowest BCUT2D eigenvalue weighted by Crippen LogP contribution is -2.37. The van der Waals surface area contributed by atoms with Crippen molar-refractivity contribution in [2.45, 2.75) is 49.4 Å². The van der Waals surface area contributed by atoms with Crippen LogP contribution in [0.5, 0.6) is 0 Å². The molecule has 1 N–H and O–H groups in total. The summed E-state index contributed by atoms with van der Waals surface area (Å²) in [6.07, 6.45) is 9.23. The van der Waals surface area contributed by atoms with Crippen molar-refractivity contribution in [3.05, 3.63) is 35.9 Å². The smallest absolute Gasteiger partial charge is 0.0351 e. The summed E-state index contributed by atoms with van der Waals surface area (Å²) in [4.78, 5) is 0. The van der Waals surface area contributed by atoms with E-state index < -0.39 is 0 Å². The van der Waals surface area contributed by atoms with Gasteiger partial charge in [0.05, 0.1) is 0 Å². The molecule has 0 aliphatic heterocycles. The Morgan fingerprint density at radius 2 is 1.89 bits per heavy atom. The highest BCUT2D eigenvalue weighted by atomic mass is 32.2. The first-order chi connectivity index (χ1) is 8.88. The van der Waals surface area contributed by atoms with E-state index in [1.165, 1.54) is 37.7 Å². The van der Waals surface area contributed by atoms with Crippen molar-refractivity contribution in [2.75, 3.05) is 6.26 Å². The van der Waals surface area contributed by atoms with E-state index in [0.717, 1.165) is 17.2 Å². The molecular weight excluding hydrogens is 238 g/mol. The van der Waals surface area contributed by atoms with Crippen LogP contribution in [0.2, 0.25) is 0 Å². The Morgan fingerprint density at radius 3 is 2.56 bits per heavy atom. The van der Waals surface area contributed by atoms with Gasteiger partial charge in [0.25, 0.3) is 0 Å². The fourth-order valence-electron chi connectivity index (χ4n) is 3.22. The van der Waals surface area contributed by atoms with E-state index in [1.54, 1.807) is 0 Å². The highest BCUT2D eigenvalue weighted by Gasteiger charge is 2.36. The second-order valence-electron chi connectivity index (χ2n) is 5.70. The first-order valence-corrected chi connectivity index (χ1v) is 8.51. The molecule has 18 heavy (non-hydrogen) atoms. The molecule has 1 aromatic rings. The Kier molecular flexibility index (Phi) is 3.95. The summed E-state index contributed by atoms with van der Waals surface area (Å²) in [7, 11) is 0. The van der Waals surface area contributed by atoms with Crippen LogP contribution in [0.25, 0.3) is 0 Å². The summed E-state index contributed by atoms with van der Waals surface area (Å²) >= 11 is 2.05. The number of nitrogens with one attached hydrogen (secondary N) is 1. The van der Waals surface area contributed by atoms with Crippen LogP contribution in [-0.4, -0.2) is 17.5 Å². The number of thioether (sulfide) groups is 1. The van der Waals surface area contributed by atoms with Crippen molar-refractivity contribution >= 4 is 11.8 Å². The molecule has 98 valence electrons. The summed E-state index contributed by atoms with van der Waals surface area (Å²) < 4.78 is 0. The van der Waals surface area contributed by atoms with Crippen molar-refractivity contribution in [2.24, 2.45) is 5.92 Å². The van der Waals surface area contributed by atoms with Gasteiger partial charge in [0.1, 0.15) is 0 Å². The number of hydrogen-bond acceptors (Lipinski definition) is 2. The Morgan fingerprint density at radius 1 is 1.11 bits per heavy atom. The van der Waals surface area contributed by atoms with Crippen molar-refractivity contribution in [3.63, 3.8) is 0 Å². The Hall–Kier alpha value is -0.470. The summed E-state index contributed by atoms with van der Waals surface area (Å²) in [5.74, 6) is 0.885. The third kappa shape index (κ3) is 2.75. The molecule has 3 rings (SSSR count). The normalized spacial score (nSPS) is 29.4. The van der Waals surface area contributed by atoms with Gasteiger partial charge in [0.2, 0.25) is 0 Å². The average Bonchev–Trinajstić information content (AvgIpc) is 3.16. The quantitative estimate of drug-likeness (QED) is 0.859. The highest BCUT2D eigenvalue weighted by molar-refractivity contribution is 7.99. The molecule has 0 amide bonds.